The molecule has 1 saturated carbocycles. The molecule has 1 saturated heterocycles. The van der Waals surface area contributed by atoms with Crippen LogP contribution < -0.4 is 4.74 Å². The molecule has 0 radical (unpaired) electrons. The minimum Gasteiger partial charge on any atom is -0.497 e. The van der Waals surface area contributed by atoms with Gasteiger partial charge in [0, 0.05) is 23.0 Å². The van der Waals surface area contributed by atoms with Gasteiger partial charge >= 0.3 is 0 Å². The number of nitriles is 1. The number of carbonyl (C=O) groups excluding carboxylic acids is 1. The summed E-state index contributed by atoms with van der Waals surface area (Å²) in [4.78, 5) is 14.7. The van der Waals surface area contributed by atoms with E-state index in [1.165, 1.54) is 6.42 Å². The summed E-state index contributed by atoms with van der Waals surface area (Å²) in [6.45, 7) is -0.140. The highest BCUT2D eigenvalue weighted by Gasteiger charge is 2.52. The van der Waals surface area contributed by atoms with Crippen molar-refractivity contribution in [3.05, 3.63) is 65.2 Å². The van der Waals surface area contributed by atoms with Crippen molar-refractivity contribution in [2.24, 2.45) is 5.92 Å². The Morgan fingerprint density at radius 3 is 2.47 bits per heavy atom. The van der Waals surface area contributed by atoms with Gasteiger partial charge in [-0.1, -0.05) is 49.3 Å². The fourth-order valence-corrected chi connectivity index (χ4v) is 4.90. The molecule has 1 aliphatic carbocycles. The number of aliphatic hydroxyl groups excluding tert-OH is 1. The van der Waals surface area contributed by atoms with Crippen molar-refractivity contribution in [2.45, 2.75) is 50.1 Å². The Hall–Kier alpha value is -3.28. The number of amides is 1. The molecular formula is C27H28N2O3. The fraction of sp³-hybridized carbons (Fsp3) is 0.407. The maximum absolute atomic E-state index is 13.1. The summed E-state index contributed by atoms with van der Waals surface area (Å²) < 4.78 is 5.23. The van der Waals surface area contributed by atoms with Gasteiger partial charge in [-0.05, 0) is 48.7 Å². The van der Waals surface area contributed by atoms with Gasteiger partial charge in [0.25, 0.3) is 0 Å². The number of aliphatic hydroxyl groups is 1. The minimum absolute atomic E-state index is 0.0103. The first-order valence-electron chi connectivity index (χ1n) is 11.2. The number of methoxy groups -OCH3 is 1. The van der Waals surface area contributed by atoms with Crippen molar-refractivity contribution in [3.8, 4) is 23.7 Å². The van der Waals surface area contributed by atoms with Crippen molar-refractivity contribution in [3.63, 3.8) is 0 Å². The molecule has 2 aromatic rings. The normalized spacial score (nSPS) is 22.8. The van der Waals surface area contributed by atoms with E-state index in [1.54, 1.807) is 12.0 Å². The SMILES string of the molecule is COc1cccc(C#Cc2ccc([C@@H]3[C@@H](C#N)N(C(=O)C4CCCCC4)[C@@H]3CO)cc2)c1. The van der Waals surface area contributed by atoms with Crippen LogP contribution in [-0.2, 0) is 4.79 Å². The third-order valence-electron chi connectivity index (χ3n) is 6.66. The van der Waals surface area contributed by atoms with E-state index in [9.17, 15) is 15.2 Å². The number of hydrogen-bond acceptors (Lipinski definition) is 4. The molecule has 1 aliphatic heterocycles. The van der Waals surface area contributed by atoms with Gasteiger partial charge in [0.05, 0.1) is 25.8 Å². The lowest BCUT2D eigenvalue weighted by Crippen LogP contribution is -2.66. The lowest BCUT2D eigenvalue weighted by Gasteiger charge is -2.52. The van der Waals surface area contributed by atoms with Crippen LogP contribution in [0.3, 0.4) is 0 Å². The number of nitrogens with zero attached hydrogens (tertiary/aromatic N) is 2. The van der Waals surface area contributed by atoms with E-state index in [1.807, 2.05) is 48.5 Å². The predicted molar refractivity (Wildman–Crippen MR) is 122 cm³/mol. The van der Waals surface area contributed by atoms with Crippen LogP contribution in [-0.4, -0.2) is 41.7 Å². The third-order valence-corrected chi connectivity index (χ3v) is 6.66. The largest absolute Gasteiger partial charge is 0.497 e. The molecule has 2 fully saturated rings. The number of carbonyl (C=O) groups is 1. The molecule has 4 rings (SSSR count). The molecule has 0 spiro atoms. The highest BCUT2D eigenvalue weighted by molar-refractivity contribution is 5.81. The molecule has 1 heterocycles. The van der Waals surface area contributed by atoms with Crippen LogP contribution in [0.4, 0.5) is 0 Å². The van der Waals surface area contributed by atoms with Crippen molar-refractivity contribution in [1.29, 1.82) is 5.26 Å². The zero-order valence-corrected chi connectivity index (χ0v) is 18.3. The van der Waals surface area contributed by atoms with Crippen LogP contribution in [0.15, 0.2) is 48.5 Å². The van der Waals surface area contributed by atoms with Gasteiger partial charge in [0.15, 0.2) is 0 Å². The fourth-order valence-electron chi connectivity index (χ4n) is 4.90. The second-order valence-electron chi connectivity index (χ2n) is 8.53. The quantitative estimate of drug-likeness (QED) is 0.751. The van der Waals surface area contributed by atoms with Gasteiger partial charge in [0.2, 0.25) is 5.91 Å². The molecule has 164 valence electrons. The summed E-state index contributed by atoms with van der Waals surface area (Å²) in [5.74, 6) is 6.89. The van der Waals surface area contributed by atoms with E-state index < -0.39 is 6.04 Å². The van der Waals surface area contributed by atoms with Gasteiger partial charge < -0.3 is 14.7 Å². The van der Waals surface area contributed by atoms with Gasteiger partial charge in [-0.25, -0.2) is 0 Å². The van der Waals surface area contributed by atoms with Crippen molar-refractivity contribution in [2.75, 3.05) is 13.7 Å². The topological polar surface area (TPSA) is 73.6 Å². The monoisotopic (exact) mass is 428 g/mol. The first-order chi connectivity index (χ1) is 15.7. The third kappa shape index (κ3) is 4.35. The van der Waals surface area contributed by atoms with Crippen LogP contribution in [0.2, 0.25) is 0 Å². The summed E-state index contributed by atoms with van der Waals surface area (Å²) in [5, 5.41) is 19.8. The number of likely N-dealkylation sites (tertiary alicyclic amines) is 1. The highest BCUT2D eigenvalue weighted by atomic mass is 16.5. The lowest BCUT2D eigenvalue weighted by atomic mass is 9.74. The summed E-state index contributed by atoms with van der Waals surface area (Å²) in [7, 11) is 1.63. The van der Waals surface area contributed by atoms with Crippen molar-refractivity contribution >= 4 is 5.91 Å². The van der Waals surface area contributed by atoms with E-state index in [4.69, 9.17) is 4.74 Å². The van der Waals surface area contributed by atoms with Crippen molar-refractivity contribution in [1.82, 2.24) is 4.90 Å². The number of rotatable bonds is 4. The van der Waals surface area contributed by atoms with E-state index in [0.29, 0.717) is 0 Å². The van der Waals surface area contributed by atoms with Crippen LogP contribution in [0.5, 0.6) is 5.75 Å². The van der Waals surface area contributed by atoms with Crippen LogP contribution >= 0.6 is 0 Å². The van der Waals surface area contributed by atoms with E-state index in [0.717, 1.165) is 48.1 Å². The van der Waals surface area contributed by atoms with E-state index >= 15 is 0 Å². The molecule has 0 aromatic heterocycles. The maximum atomic E-state index is 13.1. The molecule has 32 heavy (non-hydrogen) atoms. The Balaban J connectivity index is 1.49. The zero-order valence-electron chi connectivity index (χ0n) is 18.3. The molecule has 3 atom stereocenters. The van der Waals surface area contributed by atoms with Gasteiger partial charge in [0.1, 0.15) is 11.8 Å². The molecule has 2 aliphatic rings. The average Bonchev–Trinajstić information content (AvgIpc) is 2.84. The average molecular weight is 429 g/mol. The molecule has 5 nitrogen and oxygen atoms in total. The molecule has 1 N–H and O–H groups in total. The Morgan fingerprint density at radius 2 is 1.81 bits per heavy atom. The summed E-state index contributed by atoms with van der Waals surface area (Å²) in [5.41, 5.74) is 2.68. The molecule has 5 heteroatoms. The first kappa shape index (κ1) is 21.9. The molecule has 0 bridgehead atoms. The molecule has 1 amide bonds. The Bertz CT molecular complexity index is 1050. The van der Waals surface area contributed by atoms with Crippen LogP contribution in [0, 0.1) is 29.1 Å². The summed E-state index contributed by atoms with van der Waals surface area (Å²) in [6, 6.07) is 16.8. The van der Waals surface area contributed by atoms with Crippen LogP contribution in [0.1, 0.15) is 54.7 Å². The van der Waals surface area contributed by atoms with E-state index in [2.05, 4.69) is 17.9 Å². The number of ether oxygens (including phenoxy) is 1. The minimum atomic E-state index is -0.532. The maximum Gasteiger partial charge on any atom is 0.227 e. The summed E-state index contributed by atoms with van der Waals surface area (Å²) >= 11 is 0. The highest BCUT2D eigenvalue weighted by Crippen LogP contribution is 2.42. The standard InChI is InChI=1S/C27H28N2O3/c1-32-23-9-5-6-20(16-23)11-10-19-12-14-21(15-13-19)26-24(17-28)29(25(26)18-30)27(31)22-7-3-2-4-8-22/h5-6,9,12-16,22,24-26,30H,2-4,7-8,18H2,1H3/t24-,25-,26-/m1/s1. The smallest absolute Gasteiger partial charge is 0.227 e. The van der Waals surface area contributed by atoms with Gasteiger partial charge in [-0.3, -0.25) is 4.79 Å². The molecule has 2 aromatic carbocycles. The zero-order chi connectivity index (χ0) is 22.5. The van der Waals surface area contributed by atoms with E-state index in [-0.39, 0.29) is 30.4 Å². The molecule has 0 unspecified atom stereocenters. The first-order valence-corrected chi connectivity index (χ1v) is 11.2. The lowest BCUT2D eigenvalue weighted by molar-refractivity contribution is -0.152. The summed E-state index contributed by atoms with van der Waals surface area (Å²) in [6.07, 6.45) is 5.07. The Morgan fingerprint density at radius 1 is 1.09 bits per heavy atom. The molecular weight excluding hydrogens is 400 g/mol. The Labute approximate surface area is 189 Å². The predicted octanol–water partition coefficient (Wildman–Crippen LogP) is 3.85. The Kier molecular flexibility index (Phi) is 6.78. The number of hydrogen-bond donors (Lipinski definition) is 1. The van der Waals surface area contributed by atoms with Crippen molar-refractivity contribution < 1.29 is 14.6 Å². The van der Waals surface area contributed by atoms with Gasteiger partial charge in [-0.2, -0.15) is 5.26 Å². The second kappa shape index (κ2) is 9.90. The number of benzene rings is 2. The van der Waals surface area contributed by atoms with Gasteiger partial charge in [-0.15, -0.1) is 0 Å². The van der Waals surface area contributed by atoms with Crippen LogP contribution in [0.25, 0.3) is 0 Å². The second-order valence-corrected chi connectivity index (χ2v) is 8.53.